The Morgan fingerprint density at radius 3 is 2.37 bits per heavy atom. The Morgan fingerprint density at radius 2 is 1.68 bits per heavy atom. The van der Waals surface area contributed by atoms with Crippen molar-refractivity contribution >= 4 is 56.9 Å². The molecule has 0 aliphatic heterocycles. The molecule has 192 valence electrons. The topological polar surface area (TPSA) is 113 Å². The molecule has 2 N–H and O–H groups in total. The summed E-state index contributed by atoms with van der Waals surface area (Å²) in [7, 11) is 6.66. The van der Waals surface area contributed by atoms with Crippen molar-refractivity contribution < 1.29 is 14.2 Å². The number of para-hydroxylation sites is 2. The Hall–Kier alpha value is -4.84. The van der Waals surface area contributed by atoms with E-state index >= 15 is 0 Å². The van der Waals surface area contributed by atoms with Gasteiger partial charge in [0.2, 0.25) is 17.6 Å². The van der Waals surface area contributed by atoms with Crippen LogP contribution in [0, 0.1) is 0 Å². The van der Waals surface area contributed by atoms with E-state index in [1.807, 2.05) is 69.4 Å². The van der Waals surface area contributed by atoms with Crippen molar-refractivity contribution in [2.24, 2.45) is 7.05 Å². The average molecular weight is 529 g/mol. The van der Waals surface area contributed by atoms with Crippen molar-refractivity contribution in [2.45, 2.75) is 0 Å². The van der Waals surface area contributed by atoms with Gasteiger partial charge in [0.1, 0.15) is 6.33 Å². The molecule has 4 aromatic heterocycles. The van der Waals surface area contributed by atoms with Gasteiger partial charge in [-0.05, 0) is 23.6 Å². The van der Waals surface area contributed by atoms with E-state index in [1.165, 1.54) is 0 Å². The van der Waals surface area contributed by atoms with Crippen LogP contribution in [-0.4, -0.2) is 50.4 Å². The highest BCUT2D eigenvalue weighted by Crippen LogP contribution is 2.41. The quantitative estimate of drug-likeness (QED) is 0.272. The van der Waals surface area contributed by atoms with E-state index < -0.39 is 0 Å². The van der Waals surface area contributed by atoms with Gasteiger partial charge in [-0.1, -0.05) is 12.1 Å². The first kappa shape index (κ1) is 23.6. The van der Waals surface area contributed by atoms with Gasteiger partial charge in [0.05, 0.1) is 38.1 Å². The Kier molecular flexibility index (Phi) is 5.92. The van der Waals surface area contributed by atoms with Crippen molar-refractivity contribution in [3.63, 3.8) is 0 Å². The molecule has 6 rings (SSSR count). The zero-order chi connectivity index (χ0) is 26.2. The number of nitrogens with one attached hydrogen (secondary N) is 2. The zero-order valence-electron chi connectivity index (χ0n) is 21.1. The summed E-state index contributed by atoms with van der Waals surface area (Å²) in [6, 6.07) is 13.6. The van der Waals surface area contributed by atoms with Crippen LogP contribution in [0.2, 0.25) is 0 Å². The molecular formula is C26H24N8O3S. The number of hydrogen-bond donors (Lipinski definition) is 2. The maximum absolute atomic E-state index is 5.52. The summed E-state index contributed by atoms with van der Waals surface area (Å²) in [5.74, 6) is 3.01. The second kappa shape index (κ2) is 9.56. The third-order valence-electron chi connectivity index (χ3n) is 6.12. The molecule has 0 fully saturated rings. The standard InChI is InChI=1S/C26H24N8O3S/c1-33-18-8-6-5-7-17(18)29-26(33)32-25-30-23(21-24(31-25)34(14-27-21)16-9-10-38-13-16)28-15-11-19(35-2)22(37-4)20(12-15)36-3/h5-14H,1-4H3,(H2,28,29,30,31,32). The fraction of sp³-hybridized carbons (Fsp3) is 0.154. The van der Waals surface area contributed by atoms with Gasteiger partial charge in [0, 0.05) is 30.2 Å². The molecule has 0 unspecified atom stereocenters. The normalized spacial score (nSPS) is 11.2. The number of rotatable bonds is 8. The minimum absolute atomic E-state index is 0.364. The second-order valence-electron chi connectivity index (χ2n) is 8.31. The number of imidazole rings is 2. The SMILES string of the molecule is COc1cc(Nc2nc(Nc3nc4ccccc4n3C)nc3c2ncn3-c2ccsc2)cc(OC)c1OC. The van der Waals surface area contributed by atoms with Crippen molar-refractivity contribution in [2.75, 3.05) is 32.0 Å². The highest BCUT2D eigenvalue weighted by atomic mass is 32.1. The summed E-state index contributed by atoms with van der Waals surface area (Å²) >= 11 is 1.60. The Balaban J connectivity index is 1.48. The van der Waals surface area contributed by atoms with Gasteiger partial charge >= 0.3 is 0 Å². The molecule has 38 heavy (non-hydrogen) atoms. The lowest BCUT2D eigenvalue weighted by Gasteiger charge is -2.15. The summed E-state index contributed by atoms with van der Waals surface area (Å²) in [5.41, 5.74) is 4.74. The monoisotopic (exact) mass is 528 g/mol. The number of hydrogen-bond acceptors (Lipinski definition) is 10. The molecular weight excluding hydrogens is 504 g/mol. The summed E-state index contributed by atoms with van der Waals surface area (Å²) in [6.45, 7) is 0. The average Bonchev–Trinajstić information content (AvgIpc) is 3.68. The van der Waals surface area contributed by atoms with Gasteiger partial charge in [-0.15, -0.1) is 0 Å². The molecule has 2 aromatic carbocycles. The summed E-state index contributed by atoms with van der Waals surface area (Å²) in [6.07, 6.45) is 1.74. The van der Waals surface area contributed by atoms with Gasteiger partial charge in [0.15, 0.2) is 28.5 Å². The smallest absolute Gasteiger partial charge is 0.233 e. The molecule has 0 radical (unpaired) electrons. The summed E-state index contributed by atoms with van der Waals surface area (Å²) < 4.78 is 20.4. The minimum Gasteiger partial charge on any atom is -0.493 e. The minimum atomic E-state index is 0.364. The zero-order valence-corrected chi connectivity index (χ0v) is 21.9. The predicted octanol–water partition coefficient (Wildman–Crippen LogP) is 5.28. The number of fused-ring (bicyclic) bond motifs is 2. The fourth-order valence-electron chi connectivity index (χ4n) is 4.27. The van der Waals surface area contributed by atoms with Crippen LogP contribution in [-0.2, 0) is 7.05 Å². The number of thiophene rings is 1. The highest BCUT2D eigenvalue weighted by Gasteiger charge is 2.19. The van der Waals surface area contributed by atoms with E-state index in [9.17, 15) is 0 Å². The molecule has 6 aromatic rings. The van der Waals surface area contributed by atoms with Crippen molar-refractivity contribution in [1.82, 2.24) is 29.1 Å². The van der Waals surface area contributed by atoms with Crippen LogP contribution in [0.5, 0.6) is 17.2 Å². The number of benzene rings is 2. The molecule has 0 saturated carbocycles. The summed E-state index contributed by atoms with van der Waals surface area (Å²) in [4.78, 5) is 18.9. The van der Waals surface area contributed by atoms with Crippen LogP contribution in [0.3, 0.4) is 0 Å². The highest BCUT2D eigenvalue weighted by molar-refractivity contribution is 7.08. The van der Waals surface area contributed by atoms with Crippen LogP contribution in [0.4, 0.5) is 23.4 Å². The number of aryl methyl sites for hydroxylation is 1. The molecule has 0 spiro atoms. The Labute approximate surface area is 221 Å². The lowest BCUT2D eigenvalue weighted by atomic mass is 10.2. The molecule has 12 heteroatoms. The Bertz CT molecular complexity index is 1730. The van der Waals surface area contributed by atoms with Crippen LogP contribution in [0.25, 0.3) is 27.9 Å². The van der Waals surface area contributed by atoms with Gasteiger partial charge in [0.25, 0.3) is 0 Å². The molecule has 11 nitrogen and oxygen atoms in total. The lowest BCUT2D eigenvalue weighted by Crippen LogP contribution is -2.06. The third-order valence-corrected chi connectivity index (χ3v) is 6.79. The van der Waals surface area contributed by atoms with Crippen LogP contribution in [0.15, 0.2) is 59.6 Å². The molecule has 4 heterocycles. The molecule has 0 bridgehead atoms. The molecule has 0 saturated heterocycles. The van der Waals surface area contributed by atoms with E-state index in [4.69, 9.17) is 29.2 Å². The van der Waals surface area contributed by atoms with E-state index in [1.54, 1.807) is 39.0 Å². The summed E-state index contributed by atoms with van der Waals surface area (Å²) in [5, 5.41) is 10.7. The number of aromatic nitrogens is 6. The third kappa shape index (κ3) is 4.00. The maximum Gasteiger partial charge on any atom is 0.233 e. The molecule has 0 amide bonds. The van der Waals surface area contributed by atoms with E-state index in [0.29, 0.717) is 51.8 Å². The van der Waals surface area contributed by atoms with Crippen molar-refractivity contribution in [1.29, 1.82) is 0 Å². The van der Waals surface area contributed by atoms with Crippen LogP contribution in [0.1, 0.15) is 0 Å². The van der Waals surface area contributed by atoms with Crippen molar-refractivity contribution in [3.8, 4) is 22.9 Å². The maximum atomic E-state index is 5.52. The predicted molar refractivity (Wildman–Crippen MR) is 148 cm³/mol. The largest absolute Gasteiger partial charge is 0.493 e. The molecule has 0 atom stereocenters. The first-order chi connectivity index (χ1) is 18.6. The number of anilines is 4. The van der Waals surface area contributed by atoms with Gasteiger partial charge in [-0.2, -0.15) is 21.3 Å². The molecule has 0 aliphatic rings. The van der Waals surface area contributed by atoms with Gasteiger partial charge in [-0.3, -0.25) is 9.88 Å². The van der Waals surface area contributed by atoms with E-state index in [0.717, 1.165) is 16.7 Å². The number of methoxy groups -OCH3 is 3. The first-order valence-electron chi connectivity index (χ1n) is 11.6. The van der Waals surface area contributed by atoms with Crippen LogP contribution >= 0.6 is 11.3 Å². The lowest BCUT2D eigenvalue weighted by molar-refractivity contribution is 0.324. The number of ether oxygens (including phenoxy) is 3. The van der Waals surface area contributed by atoms with E-state index in [2.05, 4.69) is 15.6 Å². The van der Waals surface area contributed by atoms with E-state index in [-0.39, 0.29) is 0 Å². The fourth-order valence-corrected chi connectivity index (χ4v) is 4.90. The second-order valence-corrected chi connectivity index (χ2v) is 9.09. The number of nitrogens with zero attached hydrogens (tertiary/aromatic N) is 6. The van der Waals surface area contributed by atoms with Gasteiger partial charge in [-0.25, -0.2) is 9.97 Å². The van der Waals surface area contributed by atoms with Crippen LogP contribution < -0.4 is 24.8 Å². The van der Waals surface area contributed by atoms with Crippen molar-refractivity contribution in [3.05, 3.63) is 59.6 Å². The Morgan fingerprint density at radius 1 is 0.895 bits per heavy atom. The molecule has 0 aliphatic carbocycles. The van der Waals surface area contributed by atoms with Gasteiger partial charge < -0.3 is 24.1 Å². The first-order valence-corrected chi connectivity index (χ1v) is 12.6.